The molecule has 8 heteroatoms. The Bertz CT molecular complexity index is 599. The van der Waals surface area contributed by atoms with Gasteiger partial charge in [-0.15, -0.1) is 0 Å². The normalized spacial score (nSPS) is 18.3. The summed E-state index contributed by atoms with van der Waals surface area (Å²) in [5.74, 6) is 1.14. The molecule has 1 aliphatic heterocycles. The quantitative estimate of drug-likeness (QED) is 0.649. The summed E-state index contributed by atoms with van der Waals surface area (Å²) in [6.45, 7) is 2.23. The summed E-state index contributed by atoms with van der Waals surface area (Å²) < 4.78 is 50.0. The van der Waals surface area contributed by atoms with E-state index in [1.807, 2.05) is 11.9 Å². The van der Waals surface area contributed by atoms with E-state index in [1.165, 1.54) is 19.2 Å². The molecular formula is C17H24F3N3O2. The molecule has 2 rings (SSSR count). The van der Waals surface area contributed by atoms with Crippen LogP contribution in [0.5, 0.6) is 5.75 Å². The number of hydrogen-bond donors (Lipinski definition) is 1. The lowest BCUT2D eigenvalue weighted by Gasteiger charge is -2.25. The highest BCUT2D eigenvalue weighted by atomic mass is 19.4. The first-order chi connectivity index (χ1) is 11.8. The Morgan fingerprint density at radius 1 is 1.44 bits per heavy atom. The summed E-state index contributed by atoms with van der Waals surface area (Å²) in [6, 6.07) is 3.96. The molecule has 0 aliphatic carbocycles. The number of nitrogens with one attached hydrogen (secondary N) is 1. The van der Waals surface area contributed by atoms with Crippen LogP contribution in [0.1, 0.15) is 17.5 Å². The Hall–Kier alpha value is -1.96. The minimum atomic E-state index is -4.44. The number of methoxy groups -OCH3 is 1. The molecule has 5 nitrogen and oxygen atoms in total. The van der Waals surface area contributed by atoms with Gasteiger partial charge in [-0.2, -0.15) is 13.2 Å². The highest BCUT2D eigenvalue weighted by Gasteiger charge is 2.33. The highest BCUT2D eigenvalue weighted by molar-refractivity contribution is 5.79. The van der Waals surface area contributed by atoms with Crippen molar-refractivity contribution in [3.63, 3.8) is 0 Å². The zero-order chi connectivity index (χ0) is 18.4. The third-order valence-electron chi connectivity index (χ3n) is 4.19. The fourth-order valence-corrected chi connectivity index (χ4v) is 2.86. The van der Waals surface area contributed by atoms with E-state index in [0.717, 1.165) is 25.6 Å². The first-order valence-corrected chi connectivity index (χ1v) is 8.08. The predicted octanol–water partition coefficient (Wildman–Crippen LogP) is 2.76. The fourth-order valence-electron chi connectivity index (χ4n) is 2.86. The standard InChI is InChI=1S/C17H24F3N3O2/c1-21-16(23(2)10-12-6-7-25-11-12)22-9-13-4-5-14(24-3)8-15(13)17(18,19)20/h4-5,8,12H,6-7,9-11H2,1-3H3,(H,21,22). The average Bonchev–Trinajstić information content (AvgIpc) is 3.07. The first kappa shape index (κ1) is 19.4. The van der Waals surface area contributed by atoms with Crippen molar-refractivity contribution < 1.29 is 22.6 Å². The molecule has 1 aliphatic rings. The number of halogens is 3. The van der Waals surface area contributed by atoms with E-state index >= 15 is 0 Å². The van der Waals surface area contributed by atoms with Crippen molar-refractivity contribution in [2.45, 2.75) is 19.1 Å². The first-order valence-electron chi connectivity index (χ1n) is 8.08. The number of rotatable bonds is 5. The number of hydrogen-bond acceptors (Lipinski definition) is 3. The van der Waals surface area contributed by atoms with Gasteiger partial charge in [0.2, 0.25) is 0 Å². The van der Waals surface area contributed by atoms with Gasteiger partial charge in [-0.05, 0) is 24.1 Å². The van der Waals surface area contributed by atoms with Crippen molar-refractivity contribution in [2.24, 2.45) is 10.9 Å². The molecule has 0 bridgehead atoms. The van der Waals surface area contributed by atoms with Crippen LogP contribution in [0, 0.1) is 5.92 Å². The van der Waals surface area contributed by atoms with Crippen LogP contribution in [0.2, 0.25) is 0 Å². The van der Waals surface area contributed by atoms with Crippen LogP contribution in [0.25, 0.3) is 0 Å². The maximum atomic E-state index is 13.3. The van der Waals surface area contributed by atoms with Crippen molar-refractivity contribution in [3.8, 4) is 5.75 Å². The van der Waals surface area contributed by atoms with E-state index in [0.29, 0.717) is 18.5 Å². The Morgan fingerprint density at radius 3 is 2.76 bits per heavy atom. The molecule has 1 aromatic carbocycles. The van der Waals surface area contributed by atoms with Gasteiger partial charge in [0.1, 0.15) is 5.75 Å². The molecule has 0 radical (unpaired) electrons. The van der Waals surface area contributed by atoms with E-state index in [4.69, 9.17) is 9.47 Å². The van der Waals surface area contributed by atoms with Gasteiger partial charge in [0.25, 0.3) is 0 Å². The summed E-state index contributed by atoms with van der Waals surface area (Å²) in [7, 11) is 4.83. The van der Waals surface area contributed by atoms with Gasteiger partial charge in [0, 0.05) is 39.7 Å². The zero-order valence-electron chi connectivity index (χ0n) is 14.7. The zero-order valence-corrected chi connectivity index (χ0v) is 14.7. The number of aliphatic imine (C=N–C) groups is 1. The van der Waals surface area contributed by atoms with Crippen LogP contribution in [0.15, 0.2) is 23.2 Å². The lowest BCUT2D eigenvalue weighted by molar-refractivity contribution is -0.138. The number of benzene rings is 1. The molecule has 1 aromatic rings. The van der Waals surface area contributed by atoms with Crippen molar-refractivity contribution in [3.05, 3.63) is 29.3 Å². The molecule has 0 amide bonds. The lowest BCUT2D eigenvalue weighted by Crippen LogP contribution is -2.41. The van der Waals surface area contributed by atoms with Crippen LogP contribution in [0.3, 0.4) is 0 Å². The largest absolute Gasteiger partial charge is 0.497 e. The third kappa shape index (κ3) is 5.26. The van der Waals surface area contributed by atoms with Crippen molar-refractivity contribution in [1.29, 1.82) is 0 Å². The molecule has 1 unspecified atom stereocenters. The van der Waals surface area contributed by atoms with Crippen molar-refractivity contribution in [1.82, 2.24) is 10.2 Å². The third-order valence-corrected chi connectivity index (χ3v) is 4.19. The van der Waals surface area contributed by atoms with Crippen LogP contribution in [0.4, 0.5) is 13.2 Å². The monoisotopic (exact) mass is 359 g/mol. The second kappa shape index (κ2) is 8.42. The van der Waals surface area contributed by atoms with Gasteiger partial charge < -0.3 is 19.7 Å². The van der Waals surface area contributed by atoms with Gasteiger partial charge in [0.15, 0.2) is 5.96 Å². The maximum absolute atomic E-state index is 13.3. The van der Waals surface area contributed by atoms with Crippen LogP contribution >= 0.6 is 0 Å². The number of ether oxygens (including phenoxy) is 2. The molecule has 1 heterocycles. The smallest absolute Gasteiger partial charge is 0.416 e. The van der Waals surface area contributed by atoms with E-state index < -0.39 is 11.7 Å². The van der Waals surface area contributed by atoms with E-state index in [9.17, 15) is 13.2 Å². The summed E-state index contributed by atoms with van der Waals surface area (Å²) in [6.07, 6.45) is -3.46. The molecule has 0 spiro atoms. The Labute approximate surface area is 145 Å². The average molecular weight is 359 g/mol. The van der Waals surface area contributed by atoms with Crippen LogP contribution in [-0.2, 0) is 17.5 Å². The summed E-state index contributed by atoms with van der Waals surface area (Å²) in [5, 5.41) is 3.00. The summed E-state index contributed by atoms with van der Waals surface area (Å²) in [5.41, 5.74) is -0.561. The SMILES string of the molecule is CN=C(NCc1ccc(OC)cc1C(F)(F)F)N(C)CC1CCOC1. The Kier molecular flexibility index (Phi) is 6.52. The lowest BCUT2D eigenvalue weighted by atomic mass is 10.1. The van der Waals surface area contributed by atoms with Crippen molar-refractivity contribution in [2.75, 3.05) is 41.0 Å². The molecule has 140 valence electrons. The molecule has 0 aromatic heterocycles. The second-order valence-electron chi connectivity index (χ2n) is 6.03. The van der Waals surface area contributed by atoms with Gasteiger partial charge in [-0.3, -0.25) is 4.99 Å². The number of nitrogens with zero attached hydrogens (tertiary/aromatic N) is 2. The highest BCUT2D eigenvalue weighted by Crippen LogP contribution is 2.34. The van der Waals surface area contributed by atoms with Gasteiger partial charge in [-0.25, -0.2) is 0 Å². The fraction of sp³-hybridized carbons (Fsp3) is 0.588. The summed E-state index contributed by atoms with van der Waals surface area (Å²) in [4.78, 5) is 6.07. The molecule has 1 saturated heterocycles. The molecule has 1 atom stereocenters. The molecule has 25 heavy (non-hydrogen) atoms. The van der Waals surface area contributed by atoms with Gasteiger partial charge in [0.05, 0.1) is 19.3 Å². The van der Waals surface area contributed by atoms with Gasteiger partial charge >= 0.3 is 6.18 Å². The molecular weight excluding hydrogens is 335 g/mol. The van der Waals surface area contributed by atoms with E-state index in [-0.39, 0.29) is 17.9 Å². The maximum Gasteiger partial charge on any atom is 0.416 e. The van der Waals surface area contributed by atoms with E-state index in [2.05, 4.69) is 10.3 Å². The minimum Gasteiger partial charge on any atom is -0.497 e. The van der Waals surface area contributed by atoms with Crippen LogP contribution < -0.4 is 10.1 Å². The predicted molar refractivity (Wildman–Crippen MR) is 89.8 cm³/mol. The van der Waals surface area contributed by atoms with Gasteiger partial charge in [-0.1, -0.05) is 6.07 Å². The topological polar surface area (TPSA) is 46.1 Å². The number of guanidine groups is 1. The molecule has 1 fully saturated rings. The summed E-state index contributed by atoms with van der Waals surface area (Å²) >= 11 is 0. The second-order valence-corrected chi connectivity index (χ2v) is 6.03. The molecule has 0 saturated carbocycles. The Balaban J connectivity index is 2.05. The Morgan fingerprint density at radius 2 is 2.20 bits per heavy atom. The van der Waals surface area contributed by atoms with Crippen LogP contribution in [-0.4, -0.2) is 51.8 Å². The molecule has 1 N–H and O–H groups in total. The number of alkyl halides is 3. The van der Waals surface area contributed by atoms with E-state index in [1.54, 1.807) is 7.05 Å². The minimum absolute atomic E-state index is 0.0248. The van der Waals surface area contributed by atoms with Crippen molar-refractivity contribution >= 4 is 5.96 Å².